The predicted octanol–water partition coefficient (Wildman–Crippen LogP) is 4.31. The minimum atomic E-state index is 0.360. The number of hydrogen-bond donors (Lipinski definition) is 1. The number of aryl methyl sites for hydroxylation is 2. The monoisotopic (exact) mass is 245 g/mol. The van der Waals surface area contributed by atoms with Crippen LogP contribution < -0.4 is 5.73 Å². The van der Waals surface area contributed by atoms with Gasteiger partial charge in [0.1, 0.15) is 0 Å². The molecule has 2 N–H and O–H groups in total. The van der Waals surface area contributed by atoms with Crippen molar-refractivity contribution in [3.63, 3.8) is 0 Å². The number of hydrogen-bond acceptors (Lipinski definition) is 1. The molecule has 1 nitrogen and oxygen atoms in total. The van der Waals surface area contributed by atoms with Crippen LogP contribution in [0.1, 0.15) is 61.6 Å². The molecule has 0 spiro atoms. The summed E-state index contributed by atoms with van der Waals surface area (Å²) in [6, 6.07) is 7.29. The van der Waals surface area contributed by atoms with E-state index in [0.717, 1.165) is 5.92 Å². The molecule has 1 aromatic carbocycles. The van der Waals surface area contributed by atoms with Crippen LogP contribution in [-0.4, -0.2) is 6.04 Å². The van der Waals surface area contributed by atoms with Crippen LogP contribution in [0.5, 0.6) is 0 Å². The molecule has 0 bridgehead atoms. The summed E-state index contributed by atoms with van der Waals surface area (Å²) in [6.45, 7) is 6.67. The lowest BCUT2D eigenvalue weighted by atomic mass is 9.73. The predicted molar refractivity (Wildman–Crippen MR) is 78.9 cm³/mol. The number of benzene rings is 1. The maximum Gasteiger partial charge on any atom is 0.0108 e. The van der Waals surface area contributed by atoms with E-state index in [1.807, 2.05) is 0 Å². The fraction of sp³-hybridized carbons (Fsp3) is 0.647. The van der Waals surface area contributed by atoms with Gasteiger partial charge in [0.2, 0.25) is 0 Å². The Morgan fingerprint density at radius 2 is 1.78 bits per heavy atom. The summed E-state index contributed by atoms with van der Waals surface area (Å²) in [4.78, 5) is 0. The van der Waals surface area contributed by atoms with Crippen LogP contribution in [-0.2, 0) is 0 Å². The summed E-state index contributed by atoms with van der Waals surface area (Å²) >= 11 is 0. The highest BCUT2D eigenvalue weighted by Gasteiger charge is 2.28. The van der Waals surface area contributed by atoms with E-state index >= 15 is 0 Å². The largest absolute Gasteiger partial charge is 0.327 e. The Morgan fingerprint density at radius 1 is 1.11 bits per heavy atom. The molecule has 3 atom stereocenters. The van der Waals surface area contributed by atoms with E-state index in [0.29, 0.717) is 12.0 Å². The highest BCUT2D eigenvalue weighted by Crippen LogP contribution is 2.37. The first-order valence-electron chi connectivity index (χ1n) is 7.44. The Kier molecular flexibility index (Phi) is 4.45. The van der Waals surface area contributed by atoms with E-state index in [-0.39, 0.29) is 0 Å². The first-order valence-corrected chi connectivity index (χ1v) is 7.44. The van der Waals surface area contributed by atoms with Crippen LogP contribution in [0.2, 0.25) is 0 Å². The molecule has 0 aromatic heterocycles. The van der Waals surface area contributed by atoms with Gasteiger partial charge in [0.15, 0.2) is 0 Å². The second-order valence-corrected chi connectivity index (χ2v) is 6.16. The third kappa shape index (κ3) is 3.14. The molecule has 0 saturated heterocycles. The first-order chi connectivity index (χ1) is 8.60. The zero-order valence-corrected chi connectivity index (χ0v) is 12.1. The van der Waals surface area contributed by atoms with Crippen molar-refractivity contribution in [2.24, 2.45) is 11.7 Å². The average Bonchev–Trinajstić information content (AvgIpc) is 2.30. The topological polar surface area (TPSA) is 26.0 Å². The van der Waals surface area contributed by atoms with E-state index in [1.165, 1.54) is 48.8 Å². The third-order valence-corrected chi connectivity index (χ3v) is 4.38. The van der Waals surface area contributed by atoms with Crippen molar-refractivity contribution in [3.8, 4) is 0 Å². The summed E-state index contributed by atoms with van der Waals surface area (Å²) in [7, 11) is 0. The minimum absolute atomic E-state index is 0.360. The van der Waals surface area contributed by atoms with Gasteiger partial charge in [-0.25, -0.2) is 0 Å². The second kappa shape index (κ2) is 5.88. The Hall–Kier alpha value is -0.820. The van der Waals surface area contributed by atoms with Crippen LogP contribution in [0, 0.1) is 19.8 Å². The molecule has 3 unspecified atom stereocenters. The first kappa shape index (κ1) is 13.6. The van der Waals surface area contributed by atoms with Crippen LogP contribution in [0.3, 0.4) is 0 Å². The molecular formula is C17H27N. The fourth-order valence-electron chi connectivity index (χ4n) is 3.56. The highest BCUT2D eigenvalue weighted by atomic mass is 14.7. The van der Waals surface area contributed by atoms with E-state index in [4.69, 9.17) is 5.73 Å². The van der Waals surface area contributed by atoms with Crippen molar-refractivity contribution in [3.05, 3.63) is 34.9 Å². The van der Waals surface area contributed by atoms with Gasteiger partial charge in [-0.1, -0.05) is 49.1 Å². The zero-order valence-electron chi connectivity index (χ0n) is 12.1. The molecule has 1 aliphatic carbocycles. The Bertz CT molecular complexity index is 376. The maximum atomic E-state index is 6.37. The van der Waals surface area contributed by atoms with Gasteiger partial charge in [-0.2, -0.15) is 0 Å². The van der Waals surface area contributed by atoms with Crippen LogP contribution >= 0.6 is 0 Å². The van der Waals surface area contributed by atoms with Gasteiger partial charge < -0.3 is 5.73 Å². The molecule has 1 heteroatoms. The lowest BCUT2D eigenvalue weighted by molar-refractivity contribution is 0.274. The molecule has 2 rings (SSSR count). The van der Waals surface area contributed by atoms with E-state index in [1.54, 1.807) is 0 Å². The highest BCUT2D eigenvalue weighted by molar-refractivity contribution is 5.32. The van der Waals surface area contributed by atoms with Crippen molar-refractivity contribution in [1.82, 2.24) is 0 Å². The summed E-state index contributed by atoms with van der Waals surface area (Å²) in [5.74, 6) is 1.47. The molecule has 0 amide bonds. The third-order valence-electron chi connectivity index (χ3n) is 4.38. The van der Waals surface area contributed by atoms with Crippen molar-refractivity contribution >= 4 is 0 Å². The van der Waals surface area contributed by atoms with Gasteiger partial charge in [-0.15, -0.1) is 0 Å². The molecule has 18 heavy (non-hydrogen) atoms. The summed E-state index contributed by atoms with van der Waals surface area (Å²) < 4.78 is 0. The van der Waals surface area contributed by atoms with Crippen molar-refractivity contribution in [2.75, 3.05) is 0 Å². The van der Waals surface area contributed by atoms with Crippen molar-refractivity contribution in [2.45, 2.75) is 64.8 Å². The lowest BCUT2D eigenvalue weighted by Gasteiger charge is -2.34. The van der Waals surface area contributed by atoms with Gasteiger partial charge >= 0.3 is 0 Å². The smallest absolute Gasteiger partial charge is 0.0108 e. The molecule has 0 aliphatic heterocycles. The fourth-order valence-corrected chi connectivity index (χ4v) is 3.56. The summed E-state index contributed by atoms with van der Waals surface area (Å²) in [5, 5.41) is 0. The molecule has 1 aromatic rings. The van der Waals surface area contributed by atoms with Crippen molar-refractivity contribution < 1.29 is 0 Å². The lowest BCUT2D eigenvalue weighted by Crippen LogP contribution is -2.34. The molecule has 100 valence electrons. The maximum absolute atomic E-state index is 6.37. The Balaban J connectivity index is 2.18. The SMILES string of the molecule is CCCC1CCC(N)C(c2cc(C)cc(C)c2)C1. The summed E-state index contributed by atoms with van der Waals surface area (Å²) in [6.07, 6.45) is 6.49. The van der Waals surface area contributed by atoms with E-state index < -0.39 is 0 Å². The zero-order chi connectivity index (χ0) is 13.1. The minimum Gasteiger partial charge on any atom is -0.327 e. The molecular weight excluding hydrogens is 218 g/mol. The van der Waals surface area contributed by atoms with Crippen LogP contribution in [0.4, 0.5) is 0 Å². The Morgan fingerprint density at radius 3 is 2.39 bits per heavy atom. The van der Waals surface area contributed by atoms with Crippen LogP contribution in [0.25, 0.3) is 0 Å². The van der Waals surface area contributed by atoms with E-state index in [2.05, 4.69) is 39.0 Å². The Labute approximate surface area is 112 Å². The summed E-state index contributed by atoms with van der Waals surface area (Å²) in [5.41, 5.74) is 10.6. The molecule has 1 aliphatic rings. The number of rotatable bonds is 3. The standard InChI is InChI=1S/C17H27N/c1-4-5-14-6-7-17(18)16(11-14)15-9-12(2)8-13(3)10-15/h8-10,14,16-17H,4-7,11,18H2,1-3H3. The van der Waals surface area contributed by atoms with Gasteiger partial charge in [0.25, 0.3) is 0 Å². The number of nitrogens with two attached hydrogens (primary N) is 1. The molecule has 0 heterocycles. The normalized spacial score (nSPS) is 28.3. The van der Waals surface area contributed by atoms with Gasteiger partial charge in [-0.05, 0) is 50.5 Å². The van der Waals surface area contributed by atoms with Gasteiger partial charge in [0.05, 0.1) is 0 Å². The molecule has 0 radical (unpaired) electrons. The quantitative estimate of drug-likeness (QED) is 0.843. The van der Waals surface area contributed by atoms with E-state index in [9.17, 15) is 0 Å². The van der Waals surface area contributed by atoms with Crippen molar-refractivity contribution in [1.29, 1.82) is 0 Å². The second-order valence-electron chi connectivity index (χ2n) is 6.16. The van der Waals surface area contributed by atoms with Gasteiger partial charge in [0, 0.05) is 6.04 Å². The van der Waals surface area contributed by atoms with Gasteiger partial charge in [-0.3, -0.25) is 0 Å². The average molecular weight is 245 g/mol. The molecule has 1 fully saturated rings. The van der Waals surface area contributed by atoms with Crippen LogP contribution in [0.15, 0.2) is 18.2 Å². The molecule has 1 saturated carbocycles.